The highest BCUT2D eigenvalue weighted by atomic mass is 32.2. The van der Waals surface area contributed by atoms with Crippen molar-refractivity contribution in [3.05, 3.63) is 23.9 Å². The van der Waals surface area contributed by atoms with E-state index in [0.29, 0.717) is 24.9 Å². The zero-order chi connectivity index (χ0) is 13.7. The molecule has 1 fully saturated rings. The minimum atomic E-state index is -0.137. The third-order valence-corrected chi connectivity index (χ3v) is 3.72. The molecule has 2 N–H and O–H groups in total. The third kappa shape index (κ3) is 3.96. The van der Waals surface area contributed by atoms with Crippen molar-refractivity contribution < 1.29 is 9.59 Å². The topological polar surface area (TPSA) is 71.1 Å². The summed E-state index contributed by atoms with van der Waals surface area (Å²) in [7, 11) is 0. The van der Waals surface area contributed by atoms with E-state index in [-0.39, 0.29) is 17.9 Å². The second-order valence-corrected chi connectivity index (χ2v) is 5.62. The Morgan fingerprint density at radius 1 is 1.58 bits per heavy atom. The van der Waals surface area contributed by atoms with Crippen LogP contribution in [0.2, 0.25) is 0 Å². The molecule has 0 radical (unpaired) electrons. The van der Waals surface area contributed by atoms with Crippen molar-refractivity contribution in [1.29, 1.82) is 0 Å². The van der Waals surface area contributed by atoms with Crippen molar-refractivity contribution in [3.63, 3.8) is 0 Å². The van der Waals surface area contributed by atoms with Gasteiger partial charge in [0.25, 0.3) is 5.91 Å². The Morgan fingerprint density at radius 2 is 2.42 bits per heavy atom. The smallest absolute Gasteiger partial charge is 0.253 e. The highest BCUT2D eigenvalue weighted by molar-refractivity contribution is 7.99. The van der Waals surface area contributed by atoms with Crippen LogP contribution in [0.1, 0.15) is 30.1 Å². The molecule has 2 rings (SSSR count). The number of carbonyl (C=O) groups excluding carboxylic acids is 2. The molecule has 1 aromatic rings. The van der Waals surface area contributed by atoms with E-state index in [1.807, 2.05) is 6.07 Å². The fourth-order valence-corrected chi connectivity index (χ4v) is 2.46. The molecule has 0 saturated carbocycles. The van der Waals surface area contributed by atoms with Crippen LogP contribution in [0.3, 0.4) is 0 Å². The maximum atomic E-state index is 12.0. The van der Waals surface area contributed by atoms with Crippen molar-refractivity contribution in [3.8, 4) is 0 Å². The molecule has 1 aromatic heterocycles. The zero-order valence-electron chi connectivity index (χ0n) is 10.8. The number of amides is 2. The molecule has 19 heavy (non-hydrogen) atoms. The summed E-state index contributed by atoms with van der Waals surface area (Å²) in [6.45, 7) is 2.56. The van der Waals surface area contributed by atoms with Gasteiger partial charge in [-0.1, -0.05) is 6.92 Å². The number of nitrogens with one attached hydrogen (secondary N) is 2. The van der Waals surface area contributed by atoms with Crippen LogP contribution < -0.4 is 10.6 Å². The van der Waals surface area contributed by atoms with E-state index in [1.165, 1.54) is 0 Å². The lowest BCUT2D eigenvalue weighted by molar-refractivity contribution is -0.122. The van der Waals surface area contributed by atoms with Gasteiger partial charge in [0.15, 0.2) is 0 Å². The van der Waals surface area contributed by atoms with Gasteiger partial charge >= 0.3 is 0 Å². The summed E-state index contributed by atoms with van der Waals surface area (Å²) >= 11 is 1.64. The molecule has 0 aliphatic carbocycles. The molecule has 5 nitrogen and oxygen atoms in total. The minimum absolute atomic E-state index is 0.00916. The van der Waals surface area contributed by atoms with Crippen LogP contribution >= 0.6 is 11.8 Å². The van der Waals surface area contributed by atoms with E-state index in [2.05, 4.69) is 22.5 Å². The molecular formula is C13H17N3O2S. The monoisotopic (exact) mass is 279 g/mol. The molecule has 0 bridgehead atoms. The van der Waals surface area contributed by atoms with Gasteiger partial charge in [-0.25, -0.2) is 4.98 Å². The van der Waals surface area contributed by atoms with Crippen molar-refractivity contribution in [2.45, 2.75) is 30.8 Å². The predicted octanol–water partition coefficient (Wildman–Crippen LogP) is 1.20. The molecule has 1 saturated heterocycles. The van der Waals surface area contributed by atoms with Crippen molar-refractivity contribution >= 4 is 23.6 Å². The summed E-state index contributed by atoms with van der Waals surface area (Å²) in [5.74, 6) is 0.871. The fourth-order valence-electron chi connectivity index (χ4n) is 1.87. The first kappa shape index (κ1) is 13.9. The van der Waals surface area contributed by atoms with Gasteiger partial charge in [0, 0.05) is 25.2 Å². The minimum Gasteiger partial charge on any atom is -0.354 e. The number of nitrogens with zero attached hydrogens (tertiary/aromatic N) is 1. The first-order chi connectivity index (χ1) is 9.19. The van der Waals surface area contributed by atoms with Crippen molar-refractivity contribution in [2.75, 3.05) is 12.3 Å². The van der Waals surface area contributed by atoms with Gasteiger partial charge in [0.2, 0.25) is 5.91 Å². The molecular weight excluding hydrogens is 262 g/mol. The molecule has 2 amide bonds. The number of hydrogen-bond acceptors (Lipinski definition) is 4. The van der Waals surface area contributed by atoms with Gasteiger partial charge in [0.1, 0.15) is 0 Å². The van der Waals surface area contributed by atoms with Gasteiger partial charge in [-0.2, -0.15) is 0 Å². The highest BCUT2D eigenvalue weighted by Crippen LogP contribution is 2.14. The lowest BCUT2D eigenvalue weighted by atomic mass is 10.1. The number of rotatable bonds is 4. The lowest BCUT2D eigenvalue weighted by Crippen LogP contribution is -2.47. The number of aromatic nitrogens is 1. The quantitative estimate of drug-likeness (QED) is 0.813. The van der Waals surface area contributed by atoms with Gasteiger partial charge in [-0.15, -0.1) is 11.8 Å². The second kappa shape index (κ2) is 6.56. The summed E-state index contributed by atoms with van der Waals surface area (Å²) in [5, 5.41) is 6.57. The van der Waals surface area contributed by atoms with E-state index in [9.17, 15) is 9.59 Å². The predicted molar refractivity (Wildman–Crippen MR) is 74.1 cm³/mol. The summed E-state index contributed by atoms with van der Waals surface area (Å²) < 4.78 is 0. The van der Waals surface area contributed by atoms with Crippen LogP contribution in [0.4, 0.5) is 0 Å². The molecule has 1 aliphatic heterocycles. The first-order valence-corrected chi connectivity index (χ1v) is 7.34. The Labute approximate surface area is 116 Å². The van der Waals surface area contributed by atoms with Gasteiger partial charge < -0.3 is 10.6 Å². The van der Waals surface area contributed by atoms with E-state index in [4.69, 9.17) is 0 Å². The summed E-state index contributed by atoms with van der Waals surface area (Å²) in [5.41, 5.74) is 0.553. The molecule has 0 aromatic carbocycles. The van der Waals surface area contributed by atoms with Crippen LogP contribution in [-0.2, 0) is 4.79 Å². The molecule has 0 spiro atoms. The Kier molecular flexibility index (Phi) is 4.79. The van der Waals surface area contributed by atoms with Crippen LogP contribution in [0.15, 0.2) is 23.4 Å². The molecule has 0 unspecified atom stereocenters. The molecule has 1 aliphatic rings. The standard InChI is InChI=1S/C13H17N3O2S/c1-2-19-12-6-3-9(7-15-12)13(18)16-10-4-5-11(17)14-8-10/h3,6-7,10H,2,4-5,8H2,1H3,(H,14,17)(H,16,18)/t10-/m1/s1. The molecule has 6 heteroatoms. The molecule has 102 valence electrons. The second-order valence-electron chi connectivity index (χ2n) is 4.33. The largest absolute Gasteiger partial charge is 0.354 e. The summed E-state index contributed by atoms with van der Waals surface area (Å²) in [6, 6.07) is 3.64. The Morgan fingerprint density at radius 3 is 3.00 bits per heavy atom. The number of pyridine rings is 1. The average molecular weight is 279 g/mol. The highest BCUT2D eigenvalue weighted by Gasteiger charge is 2.20. The normalized spacial score (nSPS) is 18.8. The van der Waals surface area contributed by atoms with Crippen LogP contribution in [0.25, 0.3) is 0 Å². The van der Waals surface area contributed by atoms with Crippen molar-refractivity contribution in [2.24, 2.45) is 0 Å². The average Bonchev–Trinajstić information content (AvgIpc) is 2.42. The van der Waals surface area contributed by atoms with E-state index < -0.39 is 0 Å². The van der Waals surface area contributed by atoms with Crippen LogP contribution in [0.5, 0.6) is 0 Å². The summed E-state index contributed by atoms with van der Waals surface area (Å²) in [6.07, 6.45) is 2.75. The zero-order valence-corrected chi connectivity index (χ0v) is 11.6. The number of piperidine rings is 1. The van der Waals surface area contributed by atoms with Gasteiger partial charge in [-0.3, -0.25) is 9.59 Å². The Balaban J connectivity index is 1.90. The maximum Gasteiger partial charge on any atom is 0.253 e. The summed E-state index contributed by atoms with van der Waals surface area (Å²) in [4.78, 5) is 27.2. The molecule has 2 heterocycles. The molecule has 1 atom stereocenters. The van der Waals surface area contributed by atoms with E-state index in [0.717, 1.165) is 10.8 Å². The van der Waals surface area contributed by atoms with E-state index in [1.54, 1.807) is 24.0 Å². The fraction of sp³-hybridized carbons (Fsp3) is 0.462. The van der Waals surface area contributed by atoms with Crippen molar-refractivity contribution in [1.82, 2.24) is 15.6 Å². The maximum absolute atomic E-state index is 12.0. The van der Waals surface area contributed by atoms with Gasteiger partial charge in [0.05, 0.1) is 10.6 Å². The number of hydrogen-bond donors (Lipinski definition) is 2. The van der Waals surface area contributed by atoms with Gasteiger partial charge in [-0.05, 0) is 24.3 Å². The van der Waals surface area contributed by atoms with Crippen LogP contribution in [-0.4, -0.2) is 35.1 Å². The number of thioether (sulfide) groups is 1. The first-order valence-electron chi connectivity index (χ1n) is 6.35. The Hall–Kier alpha value is -1.56. The number of carbonyl (C=O) groups is 2. The van der Waals surface area contributed by atoms with Crippen LogP contribution in [0, 0.1) is 0 Å². The Bertz CT molecular complexity index is 451. The van der Waals surface area contributed by atoms with E-state index >= 15 is 0 Å². The lowest BCUT2D eigenvalue weighted by Gasteiger charge is -2.23. The third-order valence-electron chi connectivity index (χ3n) is 2.89. The SMILES string of the molecule is CCSc1ccc(C(=O)N[C@@H]2CCC(=O)NC2)cn1.